The molecule has 116 valence electrons. The van der Waals surface area contributed by atoms with Crippen molar-refractivity contribution in [1.82, 2.24) is 4.98 Å². The van der Waals surface area contributed by atoms with Crippen molar-refractivity contribution in [3.05, 3.63) is 10.6 Å². The van der Waals surface area contributed by atoms with Gasteiger partial charge in [-0.3, -0.25) is 4.79 Å². The predicted octanol–water partition coefficient (Wildman–Crippen LogP) is 3.52. The van der Waals surface area contributed by atoms with E-state index in [2.05, 4.69) is 18.7 Å². The zero-order chi connectivity index (χ0) is 15.0. The molecule has 1 aromatic heterocycles. The lowest BCUT2D eigenvalue weighted by atomic mass is 9.89. The summed E-state index contributed by atoms with van der Waals surface area (Å²) >= 11 is 1.72. The molecule has 0 saturated carbocycles. The van der Waals surface area contributed by atoms with Crippen molar-refractivity contribution in [2.24, 2.45) is 11.8 Å². The van der Waals surface area contributed by atoms with E-state index in [1.165, 1.54) is 24.1 Å². The fourth-order valence-electron chi connectivity index (χ4n) is 3.57. The number of aryl methyl sites for hydroxylation is 1. The van der Waals surface area contributed by atoms with Crippen LogP contribution in [-0.4, -0.2) is 29.1 Å². The van der Waals surface area contributed by atoms with E-state index in [0.717, 1.165) is 48.6 Å². The smallest absolute Gasteiger partial charge is 0.312 e. The molecular weight excluding hydrogens is 284 g/mol. The third-order valence-corrected chi connectivity index (χ3v) is 6.18. The minimum Gasteiger partial charge on any atom is -0.481 e. The van der Waals surface area contributed by atoms with Crippen molar-refractivity contribution < 1.29 is 9.90 Å². The number of carbonyl (C=O) groups is 1. The van der Waals surface area contributed by atoms with Crippen LogP contribution in [0, 0.1) is 11.8 Å². The van der Waals surface area contributed by atoms with E-state index in [-0.39, 0.29) is 5.92 Å². The summed E-state index contributed by atoms with van der Waals surface area (Å²) in [6.45, 7) is 6.76. The molecule has 1 aliphatic heterocycles. The normalized spacial score (nSPS) is 26.0. The number of thiazole rings is 1. The topological polar surface area (TPSA) is 53.4 Å². The van der Waals surface area contributed by atoms with Crippen LogP contribution in [0.15, 0.2) is 0 Å². The minimum atomic E-state index is -0.721. The summed E-state index contributed by atoms with van der Waals surface area (Å²) in [5, 5.41) is 10.3. The molecule has 1 N–H and O–H groups in total. The summed E-state index contributed by atoms with van der Waals surface area (Å²) in [6, 6.07) is 0. The van der Waals surface area contributed by atoms with Gasteiger partial charge in [0.15, 0.2) is 5.13 Å². The molecule has 0 aromatic carbocycles. The fourth-order valence-corrected chi connectivity index (χ4v) is 4.76. The van der Waals surface area contributed by atoms with Gasteiger partial charge in [-0.15, -0.1) is 11.3 Å². The van der Waals surface area contributed by atoms with Gasteiger partial charge in [-0.05, 0) is 43.9 Å². The van der Waals surface area contributed by atoms with Crippen LogP contribution in [0.25, 0.3) is 0 Å². The molecule has 5 heteroatoms. The molecular formula is C16H24N2O2S. The Hall–Kier alpha value is -1.10. The lowest BCUT2D eigenvalue weighted by molar-refractivity contribution is -0.138. The largest absolute Gasteiger partial charge is 0.481 e. The number of nitrogens with zero attached hydrogens (tertiary/aromatic N) is 2. The van der Waals surface area contributed by atoms with E-state index in [1.54, 1.807) is 11.3 Å². The maximum atomic E-state index is 11.3. The molecule has 0 amide bonds. The second-order valence-electron chi connectivity index (χ2n) is 6.66. The van der Waals surface area contributed by atoms with Crippen molar-refractivity contribution in [1.29, 1.82) is 0 Å². The molecule has 0 spiro atoms. The van der Waals surface area contributed by atoms with Gasteiger partial charge in [0, 0.05) is 18.0 Å². The van der Waals surface area contributed by atoms with Gasteiger partial charge in [-0.25, -0.2) is 4.98 Å². The van der Waals surface area contributed by atoms with E-state index >= 15 is 0 Å². The van der Waals surface area contributed by atoms with Gasteiger partial charge < -0.3 is 10.0 Å². The van der Waals surface area contributed by atoms with Crippen LogP contribution in [0.3, 0.4) is 0 Å². The number of anilines is 1. The number of fused-ring (bicyclic) bond motifs is 1. The standard InChI is InChI=1S/C16H24N2O2S/c1-10(2)11-4-3-8-18(9-7-11)16-17-14-12(15(19)20)5-6-13(14)21-16/h10-12H,3-9H2,1-2H3,(H,19,20). The Morgan fingerprint density at radius 2 is 2.14 bits per heavy atom. The third-order valence-electron chi connectivity index (χ3n) is 4.99. The van der Waals surface area contributed by atoms with Crippen molar-refractivity contribution in [3.8, 4) is 0 Å². The maximum absolute atomic E-state index is 11.3. The number of hydrogen-bond acceptors (Lipinski definition) is 4. The Bertz CT molecular complexity index is 526. The molecule has 21 heavy (non-hydrogen) atoms. The quantitative estimate of drug-likeness (QED) is 0.928. The summed E-state index contributed by atoms with van der Waals surface area (Å²) < 4.78 is 0. The molecule has 0 bridgehead atoms. The molecule has 1 fully saturated rings. The maximum Gasteiger partial charge on any atom is 0.312 e. The highest BCUT2D eigenvalue weighted by atomic mass is 32.1. The molecule has 0 radical (unpaired) electrons. The second kappa shape index (κ2) is 5.95. The average molecular weight is 308 g/mol. The first-order valence-corrected chi connectivity index (χ1v) is 8.85. The lowest BCUT2D eigenvalue weighted by Gasteiger charge is -2.21. The summed E-state index contributed by atoms with van der Waals surface area (Å²) in [5.41, 5.74) is 0.840. The minimum absolute atomic E-state index is 0.375. The van der Waals surface area contributed by atoms with Crippen LogP contribution >= 0.6 is 11.3 Å². The zero-order valence-electron chi connectivity index (χ0n) is 12.8. The highest BCUT2D eigenvalue weighted by Gasteiger charge is 2.33. The van der Waals surface area contributed by atoms with Crippen LogP contribution in [0.1, 0.15) is 56.0 Å². The molecule has 1 aromatic rings. The van der Waals surface area contributed by atoms with Gasteiger partial charge in [-0.2, -0.15) is 0 Å². The van der Waals surface area contributed by atoms with E-state index in [1.807, 2.05) is 0 Å². The van der Waals surface area contributed by atoms with Crippen LogP contribution in [-0.2, 0) is 11.2 Å². The monoisotopic (exact) mass is 308 g/mol. The number of hydrogen-bond donors (Lipinski definition) is 1. The number of carboxylic acid groups (broad SMARTS) is 1. The Labute approximate surface area is 130 Å². The van der Waals surface area contributed by atoms with Gasteiger partial charge in [0.1, 0.15) is 5.92 Å². The Morgan fingerprint density at radius 3 is 2.86 bits per heavy atom. The van der Waals surface area contributed by atoms with Gasteiger partial charge in [-0.1, -0.05) is 13.8 Å². The SMILES string of the molecule is CC(C)C1CCCN(c2nc3c(s2)CCC3C(=O)O)CC1. The average Bonchev–Trinajstić information content (AvgIpc) is 2.89. The first kappa shape index (κ1) is 14.8. The molecule has 2 atom stereocenters. The summed E-state index contributed by atoms with van der Waals surface area (Å²) in [7, 11) is 0. The molecule has 2 unspecified atom stereocenters. The number of aliphatic carboxylic acids is 1. The highest BCUT2D eigenvalue weighted by Crippen LogP contribution is 2.40. The molecule has 3 rings (SSSR count). The first-order chi connectivity index (χ1) is 10.1. The summed E-state index contributed by atoms with van der Waals surface area (Å²) in [5.74, 6) is 0.470. The van der Waals surface area contributed by atoms with Gasteiger partial charge >= 0.3 is 5.97 Å². The first-order valence-electron chi connectivity index (χ1n) is 8.03. The van der Waals surface area contributed by atoms with Crippen molar-refractivity contribution in [2.75, 3.05) is 18.0 Å². The number of carboxylic acids is 1. The second-order valence-corrected chi connectivity index (χ2v) is 7.72. The number of aromatic nitrogens is 1. The lowest BCUT2D eigenvalue weighted by Crippen LogP contribution is -2.24. The Balaban J connectivity index is 1.74. The summed E-state index contributed by atoms with van der Waals surface area (Å²) in [4.78, 5) is 19.5. The molecule has 2 heterocycles. The van der Waals surface area contributed by atoms with Crippen LogP contribution in [0.4, 0.5) is 5.13 Å². The van der Waals surface area contributed by atoms with E-state index in [9.17, 15) is 9.90 Å². The molecule has 2 aliphatic rings. The van der Waals surface area contributed by atoms with Crippen LogP contribution in [0.5, 0.6) is 0 Å². The molecule has 1 saturated heterocycles. The Morgan fingerprint density at radius 1 is 1.33 bits per heavy atom. The molecule has 1 aliphatic carbocycles. The Kier molecular flexibility index (Phi) is 4.20. The highest BCUT2D eigenvalue weighted by molar-refractivity contribution is 7.15. The van der Waals surface area contributed by atoms with Gasteiger partial charge in [0.25, 0.3) is 0 Å². The summed E-state index contributed by atoms with van der Waals surface area (Å²) in [6.07, 6.45) is 5.35. The van der Waals surface area contributed by atoms with E-state index in [4.69, 9.17) is 4.98 Å². The van der Waals surface area contributed by atoms with E-state index in [0.29, 0.717) is 0 Å². The number of rotatable bonds is 3. The third kappa shape index (κ3) is 2.93. The fraction of sp³-hybridized carbons (Fsp3) is 0.750. The zero-order valence-corrected chi connectivity index (χ0v) is 13.7. The molecule has 4 nitrogen and oxygen atoms in total. The van der Waals surface area contributed by atoms with Gasteiger partial charge in [0.05, 0.1) is 5.69 Å². The van der Waals surface area contributed by atoms with Crippen molar-refractivity contribution in [3.63, 3.8) is 0 Å². The van der Waals surface area contributed by atoms with E-state index < -0.39 is 5.97 Å². The van der Waals surface area contributed by atoms with Crippen LogP contribution in [0.2, 0.25) is 0 Å². The van der Waals surface area contributed by atoms with Crippen LogP contribution < -0.4 is 4.90 Å². The van der Waals surface area contributed by atoms with Crippen molar-refractivity contribution in [2.45, 2.75) is 51.9 Å². The van der Waals surface area contributed by atoms with Crippen molar-refractivity contribution >= 4 is 22.4 Å². The predicted molar refractivity (Wildman–Crippen MR) is 85.2 cm³/mol. The van der Waals surface area contributed by atoms with Gasteiger partial charge in [0.2, 0.25) is 0 Å².